The Morgan fingerprint density at radius 1 is 1.16 bits per heavy atom. The van der Waals surface area contributed by atoms with Gasteiger partial charge in [-0.05, 0) is 29.8 Å². The van der Waals surface area contributed by atoms with Crippen LogP contribution in [0.3, 0.4) is 0 Å². The first-order valence-electron chi connectivity index (χ1n) is 5.89. The maximum Gasteiger partial charge on any atom is 0.193 e. The second kappa shape index (κ2) is 6.22. The van der Waals surface area contributed by atoms with Crippen LogP contribution in [0.4, 0.5) is 5.69 Å². The van der Waals surface area contributed by atoms with Crippen molar-refractivity contribution >= 4 is 11.6 Å². The van der Waals surface area contributed by atoms with Gasteiger partial charge in [-0.15, -0.1) is 0 Å². The number of aliphatic imine (C=N–C) groups is 1. The highest BCUT2D eigenvalue weighted by Gasteiger charge is 1.96. The van der Waals surface area contributed by atoms with E-state index in [9.17, 15) is 0 Å². The number of benzene rings is 2. The van der Waals surface area contributed by atoms with Crippen LogP contribution in [0.2, 0.25) is 0 Å². The van der Waals surface area contributed by atoms with Gasteiger partial charge in [0.25, 0.3) is 0 Å². The van der Waals surface area contributed by atoms with E-state index in [2.05, 4.69) is 16.4 Å². The van der Waals surface area contributed by atoms with E-state index in [0.717, 1.165) is 11.3 Å². The lowest BCUT2D eigenvalue weighted by Gasteiger charge is -2.05. The molecule has 0 saturated heterocycles. The molecule has 0 spiro atoms. The van der Waals surface area contributed by atoms with Gasteiger partial charge < -0.3 is 11.1 Å². The van der Waals surface area contributed by atoms with Crippen molar-refractivity contribution in [2.45, 2.75) is 6.54 Å². The van der Waals surface area contributed by atoms with Gasteiger partial charge in [-0.25, -0.2) is 4.99 Å². The first kappa shape index (κ1) is 12.7. The van der Waals surface area contributed by atoms with Crippen LogP contribution in [0.15, 0.2) is 59.6 Å². The Kier molecular flexibility index (Phi) is 4.14. The summed E-state index contributed by atoms with van der Waals surface area (Å²) in [6.07, 6.45) is 0. The predicted octanol–water partition coefficient (Wildman–Crippen LogP) is 2.49. The minimum atomic E-state index is 0.355. The van der Waals surface area contributed by atoms with E-state index in [4.69, 9.17) is 11.0 Å². The van der Waals surface area contributed by atoms with Gasteiger partial charge in [-0.1, -0.05) is 30.3 Å². The summed E-state index contributed by atoms with van der Waals surface area (Å²) in [6, 6.07) is 19.0. The van der Waals surface area contributed by atoms with Crippen LogP contribution >= 0.6 is 0 Å². The minimum Gasteiger partial charge on any atom is -0.370 e. The molecule has 0 bridgehead atoms. The van der Waals surface area contributed by atoms with Crippen LogP contribution in [0, 0.1) is 11.3 Å². The van der Waals surface area contributed by atoms with Crippen molar-refractivity contribution in [3.63, 3.8) is 0 Å². The molecule has 0 radical (unpaired) electrons. The van der Waals surface area contributed by atoms with Crippen LogP contribution in [0.5, 0.6) is 0 Å². The number of anilines is 1. The van der Waals surface area contributed by atoms with Crippen molar-refractivity contribution in [1.29, 1.82) is 5.26 Å². The summed E-state index contributed by atoms with van der Waals surface area (Å²) in [7, 11) is 0. The second-order valence-electron chi connectivity index (χ2n) is 4.00. The fourth-order valence-electron chi connectivity index (χ4n) is 1.62. The summed E-state index contributed by atoms with van der Waals surface area (Å²) in [4.78, 5) is 4.24. The summed E-state index contributed by atoms with van der Waals surface area (Å²) in [5.74, 6) is 0.355. The van der Waals surface area contributed by atoms with Crippen LogP contribution in [-0.2, 0) is 6.54 Å². The molecule has 2 aromatic rings. The molecule has 3 N–H and O–H groups in total. The van der Waals surface area contributed by atoms with Crippen LogP contribution in [0.25, 0.3) is 0 Å². The molecule has 0 atom stereocenters. The van der Waals surface area contributed by atoms with Crippen molar-refractivity contribution in [1.82, 2.24) is 0 Å². The molecule has 4 nitrogen and oxygen atoms in total. The number of hydrogen-bond donors (Lipinski definition) is 2. The van der Waals surface area contributed by atoms with Gasteiger partial charge in [0.05, 0.1) is 18.2 Å². The monoisotopic (exact) mass is 250 g/mol. The zero-order valence-corrected chi connectivity index (χ0v) is 10.4. The summed E-state index contributed by atoms with van der Waals surface area (Å²) < 4.78 is 0. The normalized spacial score (nSPS) is 10.8. The number of rotatable bonds is 3. The Labute approximate surface area is 112 Å². The topological polar surface area (TPSA) is 74.2 Å². The van der Waals surface area contributed by atoms with E-state index in [1.165, 1.54) is 0 Å². The maximum atomic E-state index is 8.81. The van der Waals surface area contributed by atoms with Gasteiger partial charge in [0.1, 0.15) is 0 Å². The Morgan fingerprint density at radius 3 is 2.68 bits per heavy atom. The molecule has 0 heterocycles. The number of hydrogen-bond acceptors (Lipinski definition) is 2. The fourth-order valence-corrected chi connectivity index (χ4v) is 1.62. The highest BCUT2D eigenvalue weighted by molar-refractivity contribution is 5.92. The summed E-state index contributed by atoms with van der Waals surface area (Å²) in [5, 5.41) is 11.8. The summed E-state index contributed by atoms with van der Waals surface area (Å²) in [5.41, 5.74) is 8.28. The zero-order chi connectivity index (χ0) is 13.5. The first-order chi connectivity index (χ1) is 9.28. The van der Waals surface area contributed by atoms with Gasteiger partial charge in [-0.3, -0.25) is 0 Å². The Hall–Kier alpha value is -2.80. The third kappa shape index (κ3) is 3.86. The van der Waals surface area contributed by atoms with Crippen molar-refractivity contribution in [2.75, 3.05) is 5.32 Å². The molecule has 0 amide bonds. The summed E-state index contributed by atoms with van der Waals surface area (Å²) in [6.45, 7) is 0.446. The maximum absolute atomic E-state index is 8.81. The van der Waals surface area contributed by atoms with E-state index in [0.29, 0.717) is 18.1 Å². The van der Waals surface area contributed by atoms with Crippen LogP contribution in [0.1, 0.15) is 11.1 Å². The Bertz CT molecular complexity index is 612. The molecule has 0 aliphatic carbocycles. The Balaban J connectivity index is 2.00. The molecular formula is C15H14N4. The standard InChI is InChI=1S/C15H14N4/c16-10-12-5-4-6-13(9-12)11-18-15(17)19-14-7-2-1-3-8-14/h1-9H,11H2,(H3,17,18,19). The second-order valence-corrected chi connectivity index (χ2v) is 4.00. The SMILES string of the molecule is N#Cc1cccc(CN=C(N)Nc2ccccc2)c1. The number of nitriles is 1. The number of nitrogens with two attached hydrogens (primary N) is 1. The molecule has 0 unspecified atom stereocenters. The molecule has 0 fully saturated rings. The largest absolute Gasteiger partial charge is 0.370 e. The molecule has 2 rings (SSSR count). The number of nitrogens with one attached hydrogen (secondary N) is 1. The average molecular weight is 250 g/mol. The van der Waals surface area contributed by atoms with E-state index in [-0.39, 0.29) is 0 Å². The molecule has 0 aliphatic rings. The lowest BCUT2D eigenvalue weighted by atomic mass is 10.1. The number of para-hydroxylation sites is 1. The molecule has 0 aliphatic heterocycles. The lowest BCUT2D eigenvalue weighted by molar-refractivity contribution is 1.06. The minimum absolute atomic E-state index is 0.355. The molecule has 0 saturated carbocycles. The summed E-state index contributed by atoms with van der Waals surface area (Å²) >= 11 is 0. The van der Waals surface area contributed by atoms with Gasteiger partial charge in [0, 0.05) is 5.69 Å². The van der Waals surface area contributed by atoms with Gasteiger partial charge in [0.15, 0.2) is 5.96 Å². The third-order valence-electron chi connectivity index (χ3n) is 2.53. The smallest absolute Gasteiger partial charge is 0.193 e. The number of guanidine groups is 1. The number of nitrogens with zero attached hydrogens (tertiary/aromatic N) is 2. The van der Waals surface area contributed by atoms with Gasteiger partial charge in [0.2, 0.25) is 0 Å². The van der Waals surface area contributed by atoms with E-state index in [1.807, 2.05) is 42.5 Å². The van der Waals surface area contributed by atoms with Crippen LogP contribution < -0.4 is 11.1 Å². The molecule has 19 heavy (non-hydrogen) atoms. The van der Waals surface area contributed by atoms with Crippen molar-refractivity contribution in [3.8, 4) is 6.07 Å². The van der Waals surface area contributed by atoms with Crippen molar-refractivity contribution < 1.29 is 0 Å². The molecule has 4 heteroatoms. The lowest BCUT2D eigenvalue weighted by Crippen LogP contribution is -2.22. The zero-order valence-electron chi connectivity index (χ0n) is 10.4. The quantitative estimate of drug-likeness (QED) is 0.649. The highest BCUT2D eigenvalue weighted by Crippen LogP contribution is 2.07. The third-order valence-corrected chi connectivity index (χ3v) is 2.53. The molecule has 94 valence electrons. The van der Waals surface area contributed by atoms with Crippen molar-refractivity contribution in [2.24, 2.45) is 10.7 Å². The van der Waals surface area contributed by atoms with E-state index < -0.39 is 0 Å². The molecule has 0 aromatic heterocycles. The van der Waals surface area contributed by atoms with E-state index in [1.54, 1.807) is 12.1 Å². The van der Waals surface area contributed by atoms with Gasteiger partial charge in [-0.2, -0.15) is 5.26 Å². The van der Waals surface area contributed by atoms with Crippen molar-refractivity contribution in [3.05, 3.63) is 65.7 Å². The average Bonchev–Trinajstić information content (AvgIpc) is 2.46. The highest BCUT2D eigenvalue weighted by atomic mass is 15.1. The Morgan fingerprint density at radius 2 is 1.95 bits per heavy atom. The fraction of sp³-hybridized carbons (Fsp3) is 0.0667. The van der Waals surface area contributed by atoms with E-state index >= 15 is 0 Å². The molecule has 2 aromatic carbocycles. The predicted molar refractivity (Wildman–Crippen MR) is 76.5 cm³/mol. The first-order valence-corrected chi connectivity index (χ1v) is 5.89. The van der Waals surface area contributed by atoms with Crippen LogP contribution in [-0.4, -0.2) is 5.96 Å². The molecular weight excluding hydrogens is 236 g/mol. The van der Waals surface area contributed by atoms with Gasteiger partial charge >= 0.3 is 0 Å².